The van der Waals surface area contributed by atoms with E-state index in [0.29, 0.717) is 0 Å². The molecule has 3 aliphatic carbocycles. The van der Waals surface area contributed by atoms with E-state index >= 15 is 0 Å². The largest absolute Gasteiger partial charge is 0.0925 e. The second-order valence-electron chi connectivity index (χ2n) is 4.86. The van der Waals surface area contributed by atoms with Gasteiger partial charge in [0.1, 0.15) is 0 Å². The van der Waals surface area contributed by atoms with Gasteiger partial charge in [-0.05, 0) is 48.9 Å². The zero-order valence-electron chi connectivity index (χ0n) is 6.91. The van der Waals surface area contributed by atoms with E-state index in [1.54, 1.807) is 25.7 Å². The molecule has 0 amide bonds. The standard InChI is InChI=1S/C10H15Br/c11-6-8-2-1-3-10(8)7-9(10)4-5-9/h8H,1-7H2. The van der Waals surface area contributed by atoms with Crippen LogP contribution in [0.25, 0.3) is 0 Å². The fraction of sp³-hybridized carbons (Fsp3) is 1.00. The number of fused-ring (bicyclic) bond motifs is 1. The monoisotopic (exact) mass is 214 g/mol. The third-order valence-corrected chi connectivity index (χ3v) is 5.36. The van der Waals surface area contributed by atoms with E-state index in [1.165, 1.54) is 18.2 Å². The molecule has 3 rings (SSSR count). The fourth-order valence-electron chi connectivity index (χ4n) is 3.69. The molecule has 0 aromatic rings. The minimum atomic E-state index is 0.872. The van der Waals surface area contributed by atoms with Gasteiger partial charge in [0, 0.05) is 5.33 Å². The molecule has 0 saturated heterocycles. The maximum absolute atomic E-state index is 3.67. The molecule has 2 atom stereocenters. The summed E-state index contributed by atoms with van der Waals surface area (Å²) in [5.41, 5.74) is 1.79. The molecule has 11 heavy (non-hydrogen) atoms. The van der Waals surface area contributed by atoms with Crippen LogP contribution in [0.1, 0.15) is 38.5 Å². The van der Waals surface area contributed by atoms with Crippen molar-refractivity contribution in [1.29, 1.82) is 0 Å². The average Bonchev–Trinajstić information content (AvgIpc) is 2.83. The highest BCUT2D eigenvalue weighted by Crippen LogP contribution is 2.84. The number of hydrogen-bond acceptors (Lipinski definition) is 0. The molecule has 3 aliphatic rings. The second kappa shape index (κ2) is 1.86. The minimum absolute atomic E-state index is 0.872. The van der Waals surface area contributed by atoms with Gasteiger partial charge in [-0.25, -0.2) is 0 Å². The van der Waals surface area contributed by atoms with E-state index in [9.17, 15) is 0 Å². The third-order valence-electron chi connectivity index (χ3n) is 4.58. The molecule has 2 spiro atoms. The summed E-state index contributed by atoms with van der Waals surface area (Å²) in [4.78, 5) is 0. The molecule has 3 fully saturated rings. The Morgan fingerprint density at radius 1 is 1.27 bits per heavy atom. The van der Waals surface area contributed by atoms with Crippen LogP contribution < -0.4 is 0 Å². The van der Waals surface area contributed by atoms with Crippen LogP contribution in [0.5, 0.6) is 0 Å². The molecule has 0 aromatic heterocycles. The first-order valence-electron chi connectivity index (χ1n) is 4.89. The molecule has 0 aliphatic heterocycles. The molecule has 2 unspecified atom stereocenters. The molecule has 0 N–H and O–H groups in total. The lowest BCUT2D eigenvalue weighted by Gasteiger charge is -2.16. The van der Waals surface area contributed by atoms with Crippen LogP contribution >= 0.6 is 15.9 Å². The zero-order valence-corrected chi connectivity index (χ0v) is 8.49. The van der Waals surface area contributed by atoms with Crippen molar-refractivity contribution in [2.45, 2.75) is 38.5 Å². The van der Waals surface area contributed by atoms with Gasteiger partial charge in [-0.3, -0.25) is 0 Å². The summed E-state index contributed by atoms with van der Waals surface area (Å²) in [6.45, 7) is 0. The van der Waals surface area contributed by atoms with Gasteiger partial charge in [-0.2, -0.15) is 0 Å². The van der Waals surface area contributed by atoms with E-state index in [-0.39, 0.29) is 0 Å². The van der Waals surface area contributed by atoms with Gasteiger partial charge in [0.2, 0.25) is 0 Å². The van der Waals surface area contributed by atoms with E-state index in [0.717, 1.165) is 16.7 Å². The Labute approximate surface area is 76.9 Å². The molecular formula is C10H15Br. The maximum atomic E-state index is 3.67. The van der Waals surface area contributed by atoms with Crippen LogP contribution in [-0.2, 0) is 0 Å². The molecule has 3 saturated carbocycles. The second-order valence-corrected chi connectivity index (χ2v) is 5.50. The highest BCUT2D eigenvalue weighted by Gasteiger charge is 2.76. The van der Waals surface area contributed by atoms with Crippen LogP contribution in [-0.4, -0.2) is 5.33 Å². The van der Waals surface area contributed by atoms with E-state index in [2.05, 4.69) is 15.9 Å². The summed E-state index contributed by atoms with van der Waals surface area (Å²) in [6.07, 6.45) is 9.30. The van der Waals surface area contributed by atoms with Crippen LogP contribution in [0.3, 0.4) is 0 Å². The van der Waals surface area contributed by atoms with Gasteiger partial charge < -0.3 is 0 Å². The predicted octanol–water partition coefficient (Wildman–Crippen LogP) is 3.35. The first-order chi connectivity index (χ1) is 5.33. The highest BCUT2D eigenvalue weighted by molar-refractivity contribution is 9.09. The molecule has 0 aromatic carbocycles. The van der Waals surface area contributed by atoms with Crippen molar-refractivity contribution < 1.29 is 0 Å². The molecule has 1 heteroatoms. The summed E-state index contributed by atoms with van der Waals surface area (Å²) < 4.78 is 0. The van der Waals surface area contributed by atoms with Gasteiger partial charge in [0.25, 0.3) is 0 Å². The van der Waals surface area contributed by atoms with Gasteiger partial charge >= 0.3 is 0 Å². The Hall–Kier alpha value is 0.480. The number of rotatable bonds is 1. The zero-order chi connectivity index (χ0) is 7.53. The Bertz CT molecular complexity index is 191. The maximum Gasteiger partial charge on any atom is 0.00651 e. The van der Waals surface area contributed by atoms with E-state index in [1.807, 2.05) is 0 Å². The molecule has 0 bridgehead atoms. The van der Waals surface area contributed by atoms with E-state index in [4.69, 9.17) is 0 Å². The highest BCUT2D eigenvalue weighted by atomic mass is 79.9. The molecule has 0 nitrogen and oxygen atoms in total. The van der Waals surface area contributed by atoms with Crippen LogP contribution in [0.2, 0.25) is 0 Å². The lowest BCUT2D eigenvalue weighted by Crippen LogP contribution is -2.12. The summed E-state index contributed by atoms with van der Waals surface area (Å²) in [7, 11) is 0. The van der Waals surface area contributed by atoms with Crippen molar-refractivity contribution in [2.24, 2.45) is 16.7 Å². The normalized spacial score (nSPS) is 50.5. The quantitative estimate of drug-likeness (QED) is 0.588. The average molecular weight is 215 g/mol. The summed E-state index contributed by atoms with van der Waals surface area (Å²) in [5, 5.41) is 1.27. The number of hydrogen-bond donors (Lipinski definition) is 0. The lowest BCUT2D eigenvalue weighted by atomic mass is 9.91. The van der Waals surface area contributed by atoms with Crippen LogP contribution in [0.15, 0.2) is 0 Å². The van der Waals surface area contributed by atoms with Crippen LogP contribution in [0, 0.1) is 16.7 Å². The molecule has 62 valence electrons. The molecular weight excluding hydrogens is 200 g/mol. The SMILES string of the molecule is BrCC1CCCC12CC21CC1. The summed E-state index contributed by atoms with van der Waals surface area (Å²) in [5.74, 6) is 1.05. The van der Waals surface area contributed by atoms with Gasteiger partial charge in [0.05, 0.1) is 0 Å². The smallest absolute Gasteiger partial charge is 0.00651 e. The van der Waals surface area contributed by atoms with Crippen molar-refractivity contribution in [3.63, 3.8) is 0 Å². The molecule has 0 heterocycles. The van der Waals surface area contributed by atoms with Crippen molar-refractivity contribution in [3.05, 3.63) is 0 Å². The van der Waals surface area contributed by atoms with Gasteiger partial charge in [-0.1, -0.05) is 22.4 Å². The summed E-state index contributed by atoms with van der Waals surface area (Å²) >= 11 is 3.67. The topological polar surface area (TPSA) is 0 Å². The van der Waals surface area contributed by atoms with E-state index < -0.39 is 0 Å². The Morgan fingerprint density at radius 3 is 2.64 bits per heavy atom. The fourth-order valence-corrected chi connectivity index (χ4v) is 4.63. The number of halogens is 1. The van der Waals surface area contributed by atoms with Crippen molar-refractivity contribution in [2.75, 3.05) is 5.33 Å². The third kappa shape index (κ3) is 0.672. The lowest BCUT2D eigenvalue weighted by molar-refractivity contribution is 0.355. The number of alkyl halides is 1. The Balaban J connectivity index is 1.86. The van der Waals surface area contributed by atoms with Crippen LogP contribution in [0.4, 0.5) is 0 Å². The van der Waals surface area contributed by atoms with Crippen molar-refractivity contribution in [3.8, 4) is 0 Å². The van der Waals surface area contributed by atoms with Gasteiger partial charge in [-0.15, -0.1) is 0 Å². The Morgan fingerprint density at radius 2 is 2.09 bits per heavy atom. The first kappa shape index (κ1) is 6.94. The first-order valence-corrected chi connectivity index (χ1v) is 6.01. The Kier molecular flexibility index (Phi) is 1.18. The summed E-state index contributed by atoms with van der Waals surface area (Å²) in [6, 6.07) is 0. The van der Waals surface area contributed by atoms with Gasteiger partial charge in [0.15, 0.2) is 0 Å². The predicted molar refractivity (Wildman–Crippen MR) is 49.9 cm³/mol. The van der Waals surface area contributed by atoms with Crippen molar-refractivity contribution in [1.82, 2.24) is 0 Å². The molecule has 0 radical (unpaired) electrons. The minimum Gasteiger partial charge on any atom is -0.0925 e. The van der Waals surface area contributed by atoms with Crippen molar-refractivity contribution >= 4 is 15.9 Å².